The van der Waals surface area contributed by atoms with Crippen LogP contribution in [0.4, 0.5) is 0 Å². The van der Waals surface area contributed by atoms with Crippen molar-refractivity contribution >= 4 is 23.8 Å². The molecule has 2 heterocycles. The van der Waals surface area contributed by atoms with Crippen LogP contribution in [0.2, 0.25) is 5.02 Å². The lowest BCUT2D eigenvalue weighted by Crippen LogP contribution is -2.37. The quantitative estimate of drug-likeness (QED) is 0.645. The van der Waals surface area contributed by atoms with E-state index in [9.17, 15) is 15.0 Å². The van der Waals surface area contributed by atoms with Crippen LogP contribution in [-0.4, -0.2) is 53.7 Å². The smallest absolute Gasteiger partial charge is 0.341 e. The number of ether oxygens (including phenoxy) is 1. The Bertz CT molecular complexity index is 820. The normalized spacial score (nSPS) is 18.4. The van der Waals surface area contributed by atoms with E-state index in [1.165, 1.54) is 12.7 Å². The van der Waals surface area contributed by atoms with E-state index in [1.807, 2.05) is 24.7 Å². The fraction of sp³-hybridized carbons (Fsp3) is 0.368. The van der Waals surface area contributed by atoms with Gasteiger partial charge >= 0.3 is 5.97 Å². The zero-order valence-corrected chi connectivity index (χ0v) is 15.7. The molecule has 0 amide bonds. The van der Waals surface area contributed by atoms with Crippen LogP contribution in [0.3, 0.4) is 0 Å². The van der Waals surface area contributed by atoms with E-state index in [0.717, 1.165) is 25.6 Å². The number of benzene rings is 1. The molecular formula is C19H22ClN3O4. The number of dihydropyridines is 1. The van der Waals surface area contributed by atoms with Crippen LogP contribution in [0.15, 0.2) is 35.1 Å². The molecule has 2 aliphatic rings. The molecule has 1 aromatic rings. The highest BCUT2D eigenvalue weighted by molar-refractivity contribution is 6.33. The highest BCUT2D eigenvalue weighted by atomic mass is 35.5. The maximum absolute atomic E-state index is 12.1. The largest absolute Gasteiger partial charge is 0.507 e. The van der Waals surface area contributed by atoms with Gasteiger partial charge in [-0.2, -0.15) is 0 Å². The Labute approximate surface area is 162 Å². The second-order valence-electron chi connectivity index (χ2n) is 6.41. The molecule has 1 atom stereocenters. The Balaban J connectivity index is 1.75. The van der Waals surface area contributed by atoms with Gasteiger partial charge in [0.1, 0.15) is 17.1 Å². The maximum atomic E-state index is 12.1. The Morgan fingerprint density at radius 3 is 2.96 bits per heavy atom. The fourth-order valence-corrected chi connectivity index (χ4v) is 3.53. The van der Waals surface area contributed by atoms with Crippen LogP contribution in [0.25, 0.3) is 0 Å². The summed E-state index contributed by atoms with van der Waals surface area (Å²) < 4.78 is 4.75. The SMILES string of the molecule is COC(=O)c1c(O)cc(O)c(Cl)c1CCC1NC=CN1CC1=CC=NCC1. The van der Waals surface area contributed by atoms with E-state index < -0.39 is 5.97 Å². The number of aromatic hydroxyl groups is 2. The van der Waals surface area contributed by atoms with Crippen LogP contribution in [0.5, 0.6) is 11.5 Å². The Morgan fingerprint density at radius 1 is 1.44 bits per heavy atom. The number of carbonyl (C=O) groups is 1. The predicted molar refractivity (Wildman–Crippen MR) is 103 cm³/mol. The zero-order chi connectivity index (χ0) is 19.4. The van der Waals surface area contributed by atoms with Gasteiger partial charge in [-0.05, 0) is 36.5 Å². The first kappa shape index (κ1) is 19.1. The maximum Gasteiger partial charge on any atom is 0.341 e. The lowest BCUT2D eigenvalue weighted by Gasteiger charge is -2.27. The molecular weight excluding hydrogens is 370 g/mol. The number of allylic oxidation sites excluding steroid dienone is 1. The third kappa shape index (κ3) is 4.19. The van der Waals surface area contributed by atoms with E-state index in [0.29, 0.717) is 18.4 Å². The molecule has 1 aromatic carbocycles. The molecule has 0 aromatic heterocycles. The zero-order valence-electron chi connectivity index (χ0n) is 15.0. The Morgan fingerprint density at radius 2 is 2.26 bits per heavy atom. The van der Waals surface area contributed by atoms with Crippen LogP contribution < -0.4 is 5.32 Å². The molecule has 2 aliphatic heterocycles. The molecule has 0 spiro atoms. The lowest BCUT2D eigenvalue weighted by molar-refractivity contribution is 0.0596. The van der Waals surface area contributed by atoms with Crippen molar-refractivity contribution in [2.75, 3.05) is 20.2 Å². The summed E-state index contributed by atoms with van der Waals surface area (Å²) in [6, 6.07) is 1.05. The number of hydrogen-bond donors (Lipinski definition) is 3. The minimum Gasteiger partial charge on any atom is -0.507 e. The predicted octanol–water partition coefficient (Wildman–Crippen LogP) is 2.57. The van der Waals surface area contributed by atoms with Gasteiger partial charge < -0.3 is 25.2 Å². The van der Waals surface area contributed by atoms with Crippen molar-refractivity contribution in [3.8, 4) is 11.5 Å². The number of aliphatic imine (C=N–C) groups is 1. The van der Waals surface area contributed by atoms with Crippen molar-refractivity contribution < 1.29 is 19.7 Å². The number of nitrogens with zero attached hydrogens (tertiary/aromatic N) is 2. The number of hydrogen-bond acceptors (Lipinski definition) is 7. The lowest BCUT2D eigenvalue weighted by atomic mass is 9.99. The number of halogens is 1. The number of esters is 1. The minimum absolute atomic E-state index is 0.0100. The molecule has 0 saturated carbocycles. The van der Waals surface area contributed by atoms with Gasteiger partial charge in [0, 0.05) is 37.8 Å². The van der Waals surface area contributed by atoms with Crippen molar-refractivity contribution in [3.05, 3.63) is 46.3 Å². The van der Waals surface area contributed by atoms with Gasteiger partial charge in [0.05, 0.1) is 18.3 Å². The summed E-state index contributed by atoms with van der Waals surface area (Å²) in [6.45, 7) is 1.59. The number of phenolic OH excluding ortho intramolecular Hbond substituents is 2. The third-order valence-electron chi connectivity index (χ3n) is 4.70. The molecule has 8 heteroatoms. The van der Waals surface area contributed by atoms with E-state index in [2.05, 4.69) is 15.2 Å². The first-order valence-corrected chi connectivity index (χ1v) is 9.07. The summed E-state index contributed by atoms with van der Waals surface area (Å²) >= 11 is 6.21. The molecule has 144 valence electrons. The second kappa shape index (κ2) is 8.35. The van der Waals surface area contributed by atoms with Gasteiger partial charge in [0.15, 0.2) is 0 Å². The number of carbonyl (C=O) groups excluding carboxylic acids is 1. The molecule has 0 saturated heterocycles. The van der Waals surface area contributed by atoms with Crippen molar-refractivity contribution in [2.24, 2.45) is 4.99 Å². The van der Waals surface area contributed by atoms with Gasteiger partial charge in [0.2, 0.25) is 0 Å². The molecule has 0 bridgehead atoms. The number of methoxy groups -OCH3 is 1. The topological polar surface area (TPSA) is 94.4 Å². The van der Waals surface area contributed by atoms with E-state index >= 15 is 0 Å². The average Bonchev–Trinajstić information content (AvgIpc) is 3.10. The van der Waals surface area contributed by atoms with Crippen molar-refractivity contribution in [1.29, 1.82) is 0 Å². The molecule has 7 nitrogen and oxygen atoms in total. The number of nitrogens with one attached hydrogen (secondary N) is 1. The summed E-state index contributed by atoms with van der Waals surface area (Å²) in [5, 5.41) is 23.3. The van der Waals surface area contributed by atoms with Crippen LogP contribution in [0, 0.1) is 0 Å². The van der Waals surface area contributed by atoms with Crippen molar-refractivity contribution in [3.63, 3.8) is 0 Å². The van der Waals surface area contributed by atoms with Gasteiger partial charge in [-0.1, -0.05) is 11.6 Å². The molecule has 3 N–H and O–H groups in total. The molecule has 0 radical (unpaired) electrons. The van der Waals surface area contributed by atoms with Crippen LogP contribution in [0.1, 0.15) is 28.8 Å². The van der Waals surface area contributed by atoms with Gasteiger partial charge in [-0.25, -0.2) is 4.79 Å². The van der Waals surface area contributed by atoms with E-state index in [-0.39, 0.29) is 28.3 Å². The molecule has 27 heavy (non-hydrogen) atoms. The summed E-state index contributed by atoms with van der Waals surface area (Å²) in [4.78, 5) is 18.4. The van der Waals surface area contributed by atoms with Crippen molar-refractivity contribution in [1.82, 2.24) is 10.2 Å². The molecule has 3 rings (SSSR count). The standard InChI is InChI=1S/C19H22ClN3O4/c1-27-19(26)17-13(18(20)15(25)10-14(17)24)2-3-16-22-8-9-23(16)11-12-4-6-21-7-5-12/h4,6,8-10,16,22,24-25H,2-3,5,7,11H2,1H3. The van der Waals surface area contributed by atoms with Crippen LogP contribution >= 0.6 is 11.6 Å². The van der Waals surface area contributed by atoms with Crippen molar-refractivity contribution in [2.45, 2.75) is 25.4 Å². The summed E-state index contributed by atoms with van der Waals surface area (Å²) in [5.41, 5.74) is 1.66. The van der Waals surface area contributed by atoms with Gasteiger partial charge in [-0.15, -0.1) is 0 Å². The summed E-state index contributed by atoms with van der Waals surface area (Å²) in [5.74, 6) is -1.30. The summed E-state index contributed by atoms with van der Waals surface area (Å²) in [7, 11) is 1.23. The highest BCUT2D eigenvalue weighted by Gasteiger charge is 2.25. The summed E-state index contributed by atoms with van der Waals surface area (Å²) in [6.07, 6.45) is 9.67. The Kier molecular flexibility index (Phi) is 5.91. The fourth-order valence-electron chi connectivity index (χ4n) is 3.28. The number of rotatable bonds is 6. The second-order valence-corrected chi connectivity index (χ2v) is 6.79. The molecule has 1 unspecified atom stereocenters. The van der Waals surface area contributed by atoms with E-state index in [4.69, 9.17) is 16.3 Å². The first-order valence-electron chi connectivity index (χ1n) is 8.69. The minimum atomic E-state index is -0.689. The first-order chi connectivity index (χ1) is 13.0. The number of phenols is 2. The molecule has 0 aliphatic carbocycles. The third-order valence-corrected chi connectivity index (χ3v) is 5.12. The van der Waals surface area contributed by atoms with Gasteiger partial charge in [0.25, 0.3) is 0 Å². The van der Waals surface area contributed by atoms with Gasteiger partial charge in [-0.3, -0.25) is 4.99 Å². The Hall–Kier alpha value is -2.67. The highest BCUT2D eigenvalue weighted by Crippen LogP contribution is 2.37. The van der Waals surface area contributed by atoms with E-state index in [1.54, 1.807) is 0 Å². The average molecular weight is 392 g/mol. The van der Waals surface area contributed by atoms with Crippen LogP contribution in [-0.2, 0) is 11.2 Å². The monoisotopic (exact) mass is 391 g/mol. The molecule has 0 fully saturated rings.